The Balaban J connectivity index is 1.67. The van der Waals surface area contributed by atoms with Gasteiger partial charge in [0.25, 0.3) is 5.56 Å². The molecule has 1 N–H and O–H groups in total. The van der Waals surface area contributed by atoms with Crippen molar-refractivity contribution in [2.75, 3.05) is 11.1 Å². The van der Waals surface area contributed by atoms with Crippen LogP contribution in [0.25, 0.3) is 16.6 Å². The van der Waals surface area contributed by atoms with E-state index in [9.17, 15) is 9.59 Å². The average Bonchev–Trinajstić information content (AvgIpc) is 2.76. The van der Waals surface area contributed by atoms with Crippen LogP contribution in [0.4, 0.5) is 5.69 Å². The van der Waals surface area contributed by atoms with Crippen molar-refractivity contribution in [1.29, 1.82) is 0 Å². The van der Waals surface area contributed by atoms with E-state index in [1.165, 1.54) is 16.3 Å². The Morgan fingerprint density at radius 3 is 2.28 bits per heavy atom. The molecule has 0 spiro atoms. The molecular formula is C22H13Br4N3O2S. The van der Waals surface area contributed by atoms with E-state index in [4.69, 9.17) is 0 Å². The lowest BCUT2D eigenvalue weighted by Crippen LogP contribution is -2.23. The van der Waals surface area contributed by atoms with Gasteiger partial charge in [-0.3, -0.25) is 14.2 Å². The largest absolute Gasteiger partial charge is 0.323 e. The maximum atomic E-state index is 13.3. The highest BCUT2D eigenvalue weighted by atomic mass is 79.9. The summed E-state index contributed by atoms with van der Waals surface area (Å²) in [6.45, 7) is 0. The fraction of sp³-hybridized carbons (Fsp3) is 0.0455. The number of carbonyl (C=O) groups is 1. The maximum Gasteiger partial charge on any atom is 0.266 e. The Bertz CT molecular complexity index is 1370. The number of carbonyl (C=O) groups excluding carboxylic acids is 1. The highest BCUT2D eigenvalue weighted by Crippen LogP contribution is 2.34. The number of nitrogens with one attached hydrogen (secondary N) is 1. The van der Waals surface area contributed by atoms with E-state index in [2.05, 4.69) is 74.0 Å². The number of nitrogens with zero attached hydrogens (tertiary/aromatic N) is 2. The van der Waals surface area contributed by atoms with Crippen LogP contribution in [0.15, 0.2) is 88.5 Å². The van der Waals surface area contributed by atoms with E-state index in [0.29, 0.717) is 27.4 Å². The molecule has 0 radical (unpaired) electrons. The van der Waals surface area contributed by atoms with Gasteiger partial charge in [0.15, 0.2) is 5.16 Å². The normalized spacial score (nSPS) is 11.0. The molecule has 0 atom stereocenters. The summed E-state index contributed by atoms with van der Waals surface area (Å²) >= 11 is 15.0. The lowest BCUT2D eigenvalue weighted by Gasteiger charge is -2.14. The number of benzene rings is 3. The van der Waals surface area contributed by atoms with Gasteiger partial charge >= 0.3 is 0 Å². The zero-order valence-corrected chi connectivity index (χ0v) is 23.3. The summed E-state index contributed by atoms with van der Waals surface area (Å²) in [5.74, 6) is -0.139. The number of hydrogen-bond donors (Lipinski definition) is 1. The number of rotatable bonds is 5. The summed E-state index contributed by atoms with van der Waals surface area (Å²) < 4.78 is 4.81. The number of amides is 1. The van der Waals surface area contributed by atoms with Crippen molar-refractivity contribution in [2.45, 2.75) is 5.16 Å². The minimum Gasteiger partial charge on any atom is -0.323 e. The molecule has 0 aliphatic carbocycles. The standard InChI is InChI=1S/C22H13Br4N3O2S/c23-12-5-7-14(8-6-12)29-21(31)15-3-1-2-4-18(15)27-22(29)32-11-19(30)28-20-16(25)9-13(24)10-17(20)26/h1-10H,11H2,(H,28,30). The molecule has 5 nitrogen and oxygen atoms in total. The first kappa shape index (κ1) is 23.7. The highest BCUT2D eigenvalue weighted by Gasteiger charge is 2.16. The highest BCUT2D eigenvalue weighted by molar-refractivity contribution is 9.11. The van der Waals surface area contributed by atoms with E-state index < -0.39 is 0 Å². The minimum atomic E-state index is -0.219. The Hall–Kier alpha value is -1.46. The fourth-order valence-corrected chi connectivity index (χ4v) is 6.53. The summed E-state index contributed by atoms with van der Waals surface area (Å²) in [5.41, 5.74) is 1.72. The molecule has 0 unspecified atom stereocenters. The molecule has 4 rings (SSSR count). The molecule has 1 amide bonds. The molecule has 1 heterocycles. The van der Waals surface area contributed by atoms with Gasteiger partial charge in [-0.15, -0.1) is 0 Å². The van der Waals surface area contributed by atoms with Gasteiger partial charge in [0, 0.05) is 17.9 Å². The van der Waals surface area contributed by atoms with Crippen LogP contribution in [0, 0.1) is 0 Å². The van der Waals surface area contributed by atoms with Crippen molar-refractivity contribution >= 4 is 98.0 Å². The van der Waals surface area contributed by atoms with Crippen molar-refractivity contribution < 1.29 is 4.79 Å². The number of hydrogen-bond acceptors (Lipinski definition) is 4. The second-order valence-corrected chi connectivity index (χ2v) is 11.1. The van der Waals surface area contributed by atoms with Crippen LogP contribution in [-0.4, -0.2) is 21.2 Å². The van der Waals surface area contributed by atoms with Crippen LogP contribution >= 0.6 is 75.5 Å². The SMILES string of the molecule is O=C(CSc1nc2ccccc2c(=O)n1-c1ccc(Br)cc1)Nc1c(Br)cc(Br)cc1Br. The van der Waals surface area contributed by atoms with Crippen molar-refractivity contribution in [2.24, 2.45) is 0 Å². The minimum absolute atomic E-state index is 0.0796. The zero-order chi connectivity index (χ0) is 22.8. The predicted octanol–water partition coefficient (Wildman–Crippen LogP) is 7.17. The molecule has 0 aliphatic rings. The molecule has 4 aromatic rings. The van der Waals surface area contributed by atoms with Crippen LogP contribution in [0.3, 0.4) is 0 Å². The summed E-state index contributed by atoms with van der Waals surface area (Å²) in [4.78, 5) is 30.7. The Kier molecular flexibility index (Phi) is 7.56. The van der Waals surface area contributed by atoms with E-state index in [-0.39, 0.29) is 17.2 Å². The van der Waals surface area contributed by atoms with E-state index in [1.807, 2.05) is 48.5 Å². The Labute approximate surface area is 221 Å². The van der Waals surface area contributed by atoms with E-state index >= 15 is 0 Å². The molecule has 0 saturated heterocycles. The fourth-order valence-electron chi connectivity index (χ4n) is 2.99. The summed E-state index contributed by atoms with van der Waals surface area (Å²) in [7, 11) is 0. The molecule has 3 aromatic carbocycles. The van der Waals surface area contributed by atoms with Crippen molar-refractivity contribution in [3.63, 3.8) is 0 Å². The summed E-state index contributed by atoms with van der Waals surface area (Å²) in [6, 6.07) is 18.3. The first-order chi connectivity index (χ1) is 15.3. The van der Waals surface area contributed by atoms with Gasteiger partial charge in [0.1, 0.15) is 0 Å². The number of para-hydroxylation sites is 1. The Morgan fingerprint density at radius 1 is 0.938 bits per heavy atom. The second kappa shape index (κ2) is 10.2. The lowest BCUT2D eigenvalue weighted by atomic mass is 10.2. The van der Waals surface area contributed by atoms with Gasteiger partial charge < -0.3 is 5.32 Å². The molecule has 32 heavy (non-hydrogen) atoms. The van der Waals surface area contributed by atoms with Gasteiger partial charge in [-0.1, -0.05) is 55.8 Å². The third kappa shape index (κ3) is 5.20. The molecule has 0 bridgehead atoms. The number of thioether (sulfide) groups is 1. The van der Waals surface area contributed by atoms with Gasteiger partial charge in [0.05, 0.1) is 28.0 Å². The number of anilines is 1. The molecule has 162 valence electrons. The molecule has 0 fully saturated rings. The first-order valence-electron chi connectivity index (χ1n) is 9.18. The molecule has 10 heteroatoms. The quantitative estimate of drug-likeness (QED) is 0.177. The molecule has 1 aromatic heterocycles. The molecular weight excluding hydrogens is 690 g/mol. The molecule has 0 aliphatic heterocycles. The van der Waals surface area contributed by atoms with E-state index in [1.54, 1.807) is 12.1 Å². The van der Waals surface area contributed by atoms with Crippen molar-refractivity contribution in [3.05, 3.63) is 88.9 Å². The maximum absolute atomic E-state index is 13.3. The number of halogens is 4. The monoisotopic (exact) mass is 699 g/mol. The van der Waals surface area contributed by atoms with Crippen LogP contribution in [-0.2, 0) is 4.79 Å². The van der Waals surface area contributed by atoms with Crippen LogP contribution in [0.1, 0.15) is 0 Å². The average molecular weight is 703 g/mol. The van der Waals surface area contributed by atoms with Crippen LogP contribution in [0.5, 0.6) is 0 Å². The van der Waals surface area contributed by atoms with Crippen molar-refractivity contribution in [1.82, 2.24) is 9.55 Å². The molecule has 0 saturated carbocycles. The van der Waals surface area contributed by atoms with E-state index in [0.717, 1.165) is 17.9 Å². The summed E-state index contributed by atoms with van der Waals surface area (Å²) in [6.07, 6.45) is 0. The second-order valence-electron chi connectivity index (χ2n) is 6.61. The van der Waals surface area contributed by atoms with Crippen LogP contribution < -0.4 is 10.9 Å². The Morgan fingerprint density at radius 2 is 1.59 bits per heavy atom. The van der Waals surface area contributed by atoms with Gasteiger partial charge in [0.2, 0.25) is 5.91 Å². The number of fused-ring (bicyclic) bond motifs is 1. The topological polar surface area (TPSA) is 64.0 Å². The first-order valence-corrected chi connectivity index (χ1v) is 13.3. The van der Waals surface area contributed by atoms with Crippen molar-refractivity contribution in [3.8, 4) is 5.69 Å². The predicted molar refractivity (Wildman–Crippen MR) is 144 cm³/mol. The lowest BCUT2D eigenvalue weighted by molar-refractivity contribution is -0.113. The zero-order valence-electron chi connectivity index (χ0n) is 16.1. The van der Waals surface area contributed by atoms with Crippen LogP contribution in [0.2, 0.25) is 0 Å². The van der Waals surface area contributed by atoms with Gasteiger partial charge in [-0.2, -0.15) is 0 Å². The third-order valence-electron chi connectivity index (χ3n) is 4.43. The third-order valence-corrected chi connectivity index (χ3v) is 7.61. The summed E-state index contributed by atoms with van der Waals surface area (Å²) in [5, 5.41) is 3.86. The van der Waals surface area contributed by atoms with Gasteiger partial charge in [-0.05, 0) is 80.4 Å². The smallest absolute Gasteiger partial charge is 0.266 e. The number of aromatic nitrogens is 2. The van der Waals surface area contributed by atoms with Gasteiger partial charge in [-0.25, -0.2) is 4.98 Å².